The van der Waals surface area contributed by atoms with Gasteiger partial charge in [-0.15, -0.1) is 0 Å². The Morgan fingerprint density at radius 3 is 1.65 bits per heavy atom. The van der Waals surface area contributed by atoms with E-state index in [1.165, 1.54) is 0 Å². The van der Waals surface area contributed by atoms with E-state index in [0.717, 1.165) is 23.0 Å². The van der Waals surface area contributed by atoms with E-state index in [-0.39, 0.29) is 18.5 Å². The predicted molar refractivity (Wildman–Crippen MR) is 76.4 cm³/mol. The number of rotatable bonds is 10. The Kier molecular flexibility index (Phi) is 11.8. The minimum Gasteiger partial charge on any atom is -0.339 e. The summed E-state index contributed by atoms with van der Waals surface area (Å²) in [4.78, 5) is 22.6. The molecule has 0 saturated heterocycles. The van der Waals surface area contributed by atoms with Crippen LogP contribution in [0.3, 0.4) is 0 Å². The maximum Gasteiger partial charge on any atom is 0.222 e. The fourth-order valence-electron chi connectivity index (χ4n) is 1.04. The van der Waals surface area contributed by atoms with Crippen molar-refractivity contribution in [3.63, 3.8) is 0 Å². The highest BCUT2D eigenvalue weighted by Gasteiger charge is 2.02. The Balaban J connectivity index is 3.36. The van der Waals surface area contributed by atoms with Gasteiger partial charge >= 0.3 is 0 Å². The topological polar surface area (TPSA) is 58.2 Å². The highest BCUT2D eigenvalue weighted by atomic mass is 32.2. The molecule has 0 aliphatic heterocycles. The number of carbonyl (C=O) groups excluding carboxylic acids is 2. The van der Waals surface area contributed by atoms with E-state index >= 15 is 0 Å². The van der Waals surface area contributed by atoms with E-state index in [1.807, 2.05) is 0 Å². The van der Waals surface area contributed by atoms with Crippen molar-refractivity contribution in [2.75, 3.05) is 29.7 Å². The predicted octanol–water partition coefficient (Wildman–Crippen LogP) is 1.46. The molecule has 100 valence electrons. The molecule has 0 fully saturated rings. The van der Waals surface area contributed by atoms with Crippen molar-refractivity contribution in [1.82, 2.24) is 10.6 Å². The lowest BCUT2D eigenvalue weighted by molar-refractivity contribution is -0.122. The van der Waals surface area contributed by atoms with Crippen LogP contribution >= 0.6 is 23.5 Å². The van der Waals surface area contributed by atoms with Gasteiger partial charge < -0.3 is 10.6 Å². The van der Waals surface area contributed by atoms with E-state index in [9.17, 15) is 9.59 Å². The van der Waals surface area contributed by atoms with Crippen molar-refractivity contribution in [3.8, 4) is 0 Å². The number of nitrogens with one attached hydrogen (secondary N) is 2. The van der Waals surface area contributed by atoms with Gasteiger partial charge in [0.2, 0.25) is 11.8 Å². The van der Waals surface area contributed by atoms with E-state index in [2.05, 4.69) is 24.5 Å². The van der Waals surface area contributed by atoms with E-state index < -0.39 is 0 Å². The Hall–Kier alpha value is -0.360. The summed E-state index contributed by atoms with van der Waals surface area (Å²) in [6, 6.07) is 0. The van der Waals surface area contributed by atoms with Crippen molar-refractivity contribution < 1.29 is 9.59 Å². The maximum absolute atomic E-state index is 11.3. The molecule has 0 rings (SSSR count). The molecule has 2 amide bonds. The molecule has 0 radical (unpaired) electrons. The number of carbonyl (C=O) groups is 2. The summed E-state index contributed by atoms with van der Waals surface area (Å²) < 4.78 is 0. The van der Waals surface area contributed by atoms with Gasteiger partial charge in [-0.2, -0.15) is 23.5 Å². The van der Waals surface area contributed by atoms with Gasteiger partial charge in [0, 0.05) is 24.3 Å². The van der Waals surface area contributed by atoms with Gasteiger partial charge in [-0.05, 0) is 11.5 Å². The van der Waals surface area contributed by atoms with Crippen molar-refractivity contribution in [1.29, 1.82) is 0 Å². The summed E-state index contributed by atoms with van der Waals surface area (Å²) in [5, 5.41) is 5.34. The molecule has 0 heterocycles. The van der Waals surface area contributed by atoms with Crippen LogP contribution in [0.5, 0.6) is 0 Å². The summed E-state index contributed by atoms with van der Waals surface area (Å²) in [5.41, 5.74) is 0. The first kappa shape index (κ1) is 16.6. The van der Waals surface area contributed by atoms with Crippen molar-refractivity contribution in [2.24, 2.45) is 0 Å². The molecule has 0 bridgehead atoms. The normalized spacial score (nSPS) is 10.0. The first-order chi connectivity index (χ1) is 8.20. The van der Waals surface area contributed by atoms with Crippen LogP contribution in [0.1, 0.15) is 26.7 Å². The fraction of sp³-hybridized carbons (Fsp3) is 0.818. The molecule has 0 atom stereocenters. The summed E-state index contributed by atoms with van der Waals surface area (Å²) in [6.07, 6.45) is 1.03. The molecule has 0 aromatic rings. The third-order valence-corrected chi connectivity index (χ3v) is 3.73. The first-order valence-electron chi connectivity index (χ1n) is 5.89. The third-order valence-electron chi connectivity index (χ3n) is 1.93. The molecule has 4 nitrogen and oxygen atoms in total. The molecular formula is C11H22N2O2S2. The molecule has 17 heavy (non-hydrogen) atoms. The van der Waals surface area contributed by atoms with E-state index in [0.29, 0.717) is 12.8 Å². The summed E-state index contributed by atoms with van der Waals surface area (Å²) in [6.45, 7) is 4.37. The Bertz CT molecular complexity index is 204. The third kappa shape index (κ3) is 11.9. The first-order valence-corrected chi connectivity index (χ1v) is 8.20. The number of amides is 2. The number of hydrogen-bond donors (Lipinski definition) is 2. The summed E-state index contributed by atoms with van der Waals surface area (Å²) in [5.74, 6) is 3.72. The fourth-order valence-corrected chi connectivity index (χ4v) is 2.27. The lowest BCUT2D eigenvalue weighted by Crippen LogP contribution is -2.37. The molecule has 0 aliphatic carbocycles. The maximum atomic E-state index is 11.3. The molecule has 6 heteroatoms. The average molecular weight is 278 g/mol. The highest BCUT2D eigenvalue weighted by molar-refractivity contribution is 7.99. The van der Waals surface area contributed by atoms with Crippen molar-refractivity contribution in [2.45, 2.75) is 26.7 Å². The average Bonchev–Trinajstić information content (AvgIpc) is 2.30. The van der Waals surface area contributed by atoms with Crippen LogP contribution in [0.25, 0.3) is 0 Å². The minimum atomic E-state index is -0.00539. The standard InChI is InChI=1S/C11H22N2O2S2/c1-3-16-7-5-10(14)12-9-13-11(15)6-8-17-4-2/h3-9H2,1-2H3,(H,12,14)(H,13,15). The molecule has 0 aromatic heterocycles. The van der Waals surface area contributed by atoms with Gasteiger partial charge in [0.1, 0.15) is 0 Å². The van der Waals surface area contributed by atoms with Crippen LogP contribution in [0.2, 0.25) is 0 Å². The molecule has 0 unspecified atom stereocenters. The zero-order valence-electron chi connectivity index (χ0n) is 10.6. The van der Waals surface area contributed by atoms with E-state index in [1.54, 1.807) is 23.5 Å². The second-order valence-electron chi connectivity index (χ2n) is 3.27. The van der Waals surface area contributed by atoms with Gasteiger partial charge in [-0.1, -0.05) is 13.8 Å². The minimum absolute atomic E-state index is 0.00539. The van der Waals surface area contributed by atoms with Gasteiger partial charge in [0.05, 0.1) is 6.67 Å². The zero-order chi connectivity index (χ0) is 12.9. The molecule has 0 aromatic carbocycles. The van der Waals surface area contributed by atoms with Crippen molar-refractivity contribution >= 4 is 35.3 Å². The Morgan fingerprint density at radius 2 is 1.29 bits per heavy atom. The second kappa shape index (κ2) is 12.1. The Morgan fingerprint density at radius 1 is 0.882 bits per heavy atom. The molecule has 0 spiro atoms. The molecule has 0 saturated carbocycles. The lowest BCUT2D eigenvalue weighted by Gasteiger charge is -2.06. The van der Waals surface area contributed by atoms with Gasteiger partial charge in [0.15, 0.2) is 0 Å². The zero-order valence-corrected chi connectivity index (χ0v) is 12.2. The molecule has 0 aliphatic rings. The van der Waals surface area contributed by atoms with Crippen LogP contribution in [-0.4, -0.2) is 41.5 Å². The highest BCUT2D eigenvalue weighted by Crippen LogP contribution is 2.00. The quantitative estimate of drug-likeness (QED) is 0.469. The van der Waals surface area contributed by atoms with Crippen LogP contribution in [0, 0.1) is 0 Å². The van der Waals surface area contributed by atoms with E-state index in [4.69, 9.17) is 0 Å². The monoisotopic (exact) mass is 278 g/mol. The lowest BCUT2D eigenvalue weighted by atomic mass is 10.4. The smallest absolute Gasteiger partial charge is 0.222 e. The summed E-state index contributed by atoms with van der Waals surface area (Å²) >= 11 is 3.48. The Labute approximate surface area is 112 Å². The molecule has 2 N–H and O–H groups in total. The largest absolute Gasteiger partial charge is 0.339 e. The second-order valence-corrected chi connectivity index (χ2v) is 6.06. The van der Waals surface area contributed by atoms with Gasteiger partial charge in [-0.25, -0.2) is 0 Å². The van der Waals surface area contributed by atoms with Crippen LogP contribution in [0.15, 0.2) is 0 Å². The van der Waals surface area contributed by atoms with Crippen LogP contribution in [0.4, 0.5) is 0 Å². The SMILES string of the molecule is CCSCCC(=O)NCNC(=O)CCSCC. The van der Waals surface area contributed by atoms with Gasteiger partial charge in [0.25, 0.3) is 0 Å². The number of thioether (sulfide) groups is 2. The number of hydrogen-bond acceptors (Lipinski definition) is 4. The summed E-state index contributed by atoms with van der Waals surface area (Å²) in [7, 11) is 0. The molecular weight excluding hydrogens is 256 g/mol. The van der Waals surface area contributed by atoms with Crippen LogP contribution in [-0.2, 0) is 9.59 Å². The van der Waals surface area contributed by atoms with Gasteiger partial charge in [-0.3, -0.25) is 9.59 Å². The van der Waals surface area contributed by atoms with Crippen molar-refractivity contribution in [3.05, 3.63) is 0 Å². The van der Waals surface area contributed by atoms with Crippen LogP contribution < -0.4 is 10.6 Å².